The maximum atomic E-state index is 13.2. The molecule has 1 saturated heterocycles. The van der Waals surface area contributed by atoms with Gasteiger partial charge in [-0.2, -0.15) is 4.31 Å². The molecule has 2 aromatic heterocycles. The van der Waals surface area contributed by atoms with Crippen LogP contribution in [-0.2, 0) is 35.8 Å². The summed E-state index contributed by atoms with van der Waals surface area (Å²) in [5.41, 5.74) is 4.32. The summed E-state index contributed by atoms with van der Waals surface area (Å²) in [5.74, 6) is 1.28. The molecule has 0 N–H and O–H groups in total. The van der Waals surface area contributed by atoms with E-state index in [0.29, 0.717) is 18.0 Å². The summed E-state index contributed by atoms with van der Waals surface area (Å²) in [7, 11) is -3.43. The highest BCUT2D eigenvalue weighted by Gasteiger charge is 2.34. The van der Waals surface area contributed by atoms with Crippen LogP contribution in [0.5, 0.6) is 0 Å². The molecular weight excluding hydrogens is 384 g/mol. The Morgan fingerprint density at radius 1 is 1.17 bits per heavy atom. The summed E-state index contributed by atoms with van der Waals surface area (Å²) < 4.78 is 30.2. The summed E-state index contributed by atoms with van der Waals surface area (Å²) in [4.78, 5) is 9.68. The van der Waals surface area contributed by atoms with Crippen molar-refractivity contribution in [1.82, 2.24) is 18.8 Å². The lowest BCUT2D eigenvalue weighted by atomic mass is 10.0. The van der Waals surface area contributed by atoms with Crippen LogP contribution in [0.1, 0.15) is 36.7 Å². The van der Waals surface area contributed by atoms with Crippen LogP contribution >= 0.6 is 0 Å². The van der Waals surface area contributed by atoms with Gasteiger partial charge in [-0.25, -0.2) is 18.4 Å². The van der Waals surface area contributed by atoms with Gasteiger partial charge in [0.05, 0.1) is 4.90 Å². The molecule has 3 aromatic rings. The van der Waals surface area contributed by atoms with E-state index >= 15 is 0 Å². The fourth-order valence-corrected chi connectivity index (χ4v) is 6.37. The van der Waals surface area contributed by atoms with Gasteiger partial charge in [-0.05, 0) is 73.9 Å². The number of fused-ring (bicyclic) bond motifs is 2. The molecule has 1 aliphatic carbocycles. The number of rotatable bonds is 5. The van der Waals surface area contributed by atoms with E-state index in [2.05, 4.69) is 16.5 Å². The van der Waals surface area contributed by atoms with Crippen molar-refractivity contribution in [1.29, 1.82) is 0 Å². The predicted molar refractivity (Wildman–Crippen MR) is 112 cm³/mol. The van der Waals surface area contributed by atoms with E-state index in [0.717, 1.165) is 55.6 Å². The zero-order valence-corrected chi connectivity index (χ0v) is 17.5. The highest BCUT2D eigenvalue weighted by Crippen LogP contribution is 2.30. The largest absolute Gasteiger partial charge is 0.313 e. The average molecular weight is 411 g/mol. The normalized spacial score (nSPS) is 19.8. The van der Waals surface area contributed by atoms with E-state index in [9.17, 15) is 8.42 Å². The first-order valence-electron chi connectivity index (χ1n) is 10.5. The molecule has 2 aliphatic rings. The molecule has 0 spiro atoms. The van der Waals surface area contributed by atoms with Crippen molar-refractivity contribution in [2.75, 3.05) is 13.1 Å². The molecule has 1 aliphatic heterocycles. The van der Waals surface area contributed by atoms with Gasteiger partial charge in [0, 0.05) is 32.3 Å². The first-order valence-corrected chi connectivity index (χ1v) is 11.9. The molecule has 3 heterocycles. The van der Waals surface area contributed by atoms with Gasteiger partial charge in [-0.15, -0.1) is 0 Å². The first kappa shape index (κ1) is 18.8. The Bertz CT molecular complexity index is 1170. The number of hydrogen-bond acceptors (Lipinski definition) is 4. The van der Waals surface area contributed by atoms with Crippen molar-refractivity contribution in [3.05, 3.63) is 53.5 Å². The number of aryl methyl sites for hydroxylation is 3. The molecule has 0 bridgehead atoms. The predicted octanol–water partition coefficient (Wildman–Crippen LogP) is 3.19. The Morgan fingerprint density at radius 3 is 2.90 bits per heavy atom. The van der Waals surface area contributed by atoms with Gasteiger partial charge < -0.3 is 4.57 Å². The molecule has 29 heavy (non-hydrogen) atoms. The van der Waals surface area contributed by atoms with Crippen molar-refractivity contribution >= 4 is 21.2 Å². The summed E-state index contributed by atoms with van der Waals surface area (Å²) in [5, 5.41) is 0. The molecule has 0 radical (unpaired) electrons. The Kier molecular flexibility index (Phi) is 4.67. The Morgan fingerprint density at radius 2 is 2.03 bits per heavy atom. The van der Waals surface area contributed by atoms with E-state index in [-0.39, 0.29) is 5.92 Å². The second kappa shape index (κ2) is 7.22. The molecule has 0 unspecified atom stereocenters. The van der Waals surface area contributed by atoms with Crippen molar-refractivity contribution in [2.45, 2.75) is 50.5 Å². The van der Waals surface area contributed by atoms with Crippen molar-refractivity contribution in [3.8, 4) is 0 Å². The third-order valence-corrected chi connectivity index (χ3v) is 8.19. The lowest BCUT2D eigenvalue weighted by Crippen LogP contribution is -2.29. The highest BCUT2D eigenvalue weighted by atomic mass is 32.2. The van der Waals surface area contributed by atoms with Gasteiger partial charge in [-0.1, -0.05) is 6.07 Å². The highest BCUT2D eigenvalue weighted by molar-refractivity contribution is 7.89. The third-order valence-electron chi connectivity index (χ3n) is 6.33. The van der Waals surface area contributed by atoms with E-state index in [1.54, 1.807) is 16.6 Å². The van der Waals surface area contributed by atoms with Gasteiger partial charge in [-0.3, -0.25) is 0 Å². The topological polar surface area (TPSA) is 68.1 Å². The number of hydrogen-bond donors (Lipinski definition) is 0. The molecule has 6 nitrogen and oxygen atoms in total. The van der Waals surface area contributed by atoms with Crippen LogP contribution in [0.4, 0.5) is 0 Å². The summed E-state index contributed by atoms with van der Waals surface area (Å²) in [6, 6.07) is 9.57. The van der Waals surface area contributed by atoms with Crippen LogP contribution in [0.2, 0.25) is 0 Å². The number of pyridine rings is 1. The molecule has 1 aromatic carbocycles. The first-order chi connectivity index (χ1) is 14.1. The van der Waals surface area contributed by atoms with Crippen LogP contribution < -0.4 is 0 Å². The molecule has 0 amide bonds. The minimum absolute atomic E-state index is 0.279. The molecule has 152 valence electrons. The quantitative estimate of drug-likeness (QED) is 0.648. The number of benzene rings is 1. The number of aromatic nitrogens is 3. The van der Waals surface area contributed by atoms with Crippen molar-refractivity contribution in [3.63, 3.8) is 0 Å². The zero-order chi connectivity index (χ0) is 20.0. The summed E-state index contributed by atoms with van der Waals surface area (Å²) in [6.45, 7) is 4.04. The number of nitrogens with zero attached hydrogens (tertiary/aromatic N) is 4. The summed E-state index contributed by atoms with van der Waals surface area (Å²) in [6.07, 6.45) is 6.61. The van der Waals surface area contributed by atoms with E-state index in [1.807, 2.05) is 24.3 Å². The maximum Gasteiger partial charge on any atom is 0.243 e. The molecular formula is C22H26N4O2S. The molecule has 1 atom stereocenters. The smallest absolute Gasteiger partial charge is 0.243 e. The maximum absolute atomic E-state index is 13.2. The Labute approximate surface area is 171 Å². The van der Waals surface area contributed by atoms with Crippen molar-refractivity contribution < 1.29 is 8.42 Å². The van der Waals surface area contributed by atoms with E-state index < -0.39 is 10.0 Å². The van der Waals surface area contributed by atoms with Crippen LogP contribution in [0.15, 0.2) is 41.4 Å². The fourth-order valence-electron chi connectivity index (χ4n) is 4.79. The minimum Gasteiger partial charge on any atom is -0.313 e. The van der Waals surface area contributed by atoms with Crippen molar-refractivity contribution in [2.24, 2.45) is 5.92 Å². The molecule has 0 saturated carbocycles. The SMILES string of the molecule is CCn1c(C[C@@H]2CCN(S(=O)(=O)c3ccc4c(c3)CCC4)C2)nc2cccnc21. The van der Waals surface area contributed by atoms with Crippen LogP contribution in [0.25, 0.3) is 11.2 Å². The third kappa shape index (κ3) is 3.26. The standard InChI is InChI=1S/C22H26N4O2S/c1-2-26-21(24-20-7-4-11-23-22(20)26)13-16-10-12-25(15-16)29(27,28)19-9-8-17-5-3-6-18(17)14-19/h4,7-9,11,14,16H,2-3,5-6,10,12-13,15H2,1H3/t16-/m0/s1. The minimum atomic E-state index is -3.43. The second-order valence-electron chi connectivity index (χ2n) is 8.12. The van der Waals surface area contributed by atoms with Crippen LogP contribution in [0.3, 0.4) is 0 Å². The van der Waals surface area contributed by atoms with E-state index in [4.69, 9.17) is 4.98 Å². The fraction of sp³-hybridized carbons (Fsp3) is 0.455. The van der Waals surface area contributed by atoms with Crippen LogP contribution in [-0.4, -0.2) is 40.3 Å². The lowest BCUT2D eigenvalue weighted by Gasteiger charge is -2.17. The molecule has 5 rings (SSSR count). The zero-order valence-electron chi connectivity index (χ0n) is 16.7. The Hall–Kier alpha value is -2.25. The second-order valence-corrected chi connectivity index (χ2v) is 10.1. The van der Waals surface area contributed by atoms with E-state index in [1.165, 1.54) is 11.1 Å². The van der Waals surface area contributed by atoms with Crippen LogP contribution in [0, 0.1) is 5.92 Å². The average Bonchev–Trinajstić information content (AvgIpc) is 3.45. The number of imidazole rings is 1. The molecule has 7 heteroatoms. The summed E-state index contributed by atoms with van der Waals surface area (Å²) >= 11 is 0. The lowest BCUT2D eigenvalue weighted by molar-refractivity contribution is 0.450. The van der Waals surface area contributed by atoms with Gasteiger partial charge in [0.2, 0.25) is 10.0 Å². The number of sulfonamides is 1. The van der Waals surface area contributed by atoms with Gasteiger partial charge >= 0.3 is 0 Å². The van der Waals surface area contributed by atoms with Gasteiger partial charge in [0.1, 0.15) is 11.3 Å². The molecule has 1 fully saturated rings. The Balaban J connectivity index is 1.35. The van der Waals surface area contributed by atoms with Gasteiger partial charge in [0.15, 0.2) is 5.65 Å². The monoisotopic (exact) mass is 410 g/mol. The van der Waals surface area contributed by atoms with Gasteiger partial charge in [0.25, 0.3) is 0 Å².